The van der Waals surface area contributed by atoms with Crippen molar-refractivity contribution in [3.8, 4) is 5.75 Å². The van der Waals surface area contributed by atoms with Crippen LogP contribution in [0.3, 0.4) is 0 Å². The summed E-state index contributed by atoms with van der Waals surface area (Å²) in [5.74, 6) is -0.970. The number of rotatable bonds is 7. The number of hydrogen-bond acceptors (Lipinski definition) is 7. The minimum atomic E-state index is -4.94. The van der Waals surface area contributed by atoms with E-state index in [1.807, 2.05) is 19.9 Å². The topological polar surface area (TPSA) is 138 Å². The lowest BCUT2D eigenvalue weighted by atomic mass is 9.53. The molecule has 1 aromatic heterocycles. The summed E-state index contributed by atoms with van der Waals surface area (Å²) >= 11 is 1.41. The molecule has 2 aromatic rings. The van der Waals surface area contributed by atoms with Crippen LogP contribution in [0, 0.1) is 30.1 Å². The normalized spacial score (nSPS) is 32.8. The number of amides is 1. The summed E-state index contributed by atoms with van der Waals surface area (Å²) < 4.78 is 22.5. The molecule has 3 aliphatic carbocycles. The number of nitrogens with zero attached hydrogens (tertiary/aromatic N) is 1. The van der Waals surface area contributed by atoms with Gasteiger partial charge >= 0.3 is 7.82 Å². The van der Waals surface area contributed by atoms with Gasteiger partial charge in [0.15, 0.2) is 10.9 Å². The van der Waals surface area contributed by atoms with Crippen molar-refractivity contribution in [2.75, 3.05) is 12.4 Å². The summed E-state index contributed by atoms with van der Waals surface area (Å²) in [5, 5.41) is 15.1. The number of phosphoric acid groups is 1. The third-order valence-electron chi connectivity index (χ3n) is 9.00. The predicted octanol–water partition coefficient (Wildman–Crippen LogP) is 4.76. The SMILES string of the molecule is COc1ccc2c(c1)CCC1C2CC[C@@]2(C)C1[C@H](CCC(=O)Nc1ncc(C)s1)C[C@]2(O)OP(=O)(O)O. The van der Waals surface area contributed by atoms with E-state index >= 15 is 0 Å². The number of aromatic nitrogens is 1. The van der Waals surface area contributed by atoms with Crippen LogP contribution in [0.25, 0.3) is 0 Å². The van der Waals surface area contributed by atoms with E-state index in [2.05, 4.69) is 22.4 Å². The molecule has 0 bridgehead atoms. The lowest BCUT2D eigenvalue weighted by molar-refractivity contribution is -0.230. The number of aryl methyl sites for hydroxylation is 2. The van der Waals surface area contributed by atoms with Crippen molar-refractivity contribution in [1.82, 2.24) is 4.98 Å². The third kappa shape index (κ3) is 5.00. The number of nitrogens with one attached hydrogen (secondary N) is 1. The molecule has 5 rings (SSSR count). The number of phosphoric ester groups is 1. The van der Waals surface area contributed by atoms with Crippen molar-refractivity contribution < 1.29 is 33.5 Å². The van der Waals surface area contributed by atoms with Gasteiger partial charge in [-0.1, -0.05) is 13.0 Å². The molecule has 0 aliphatic heterocycles. The van der Waals surface area contributed by atoms with Crippen LogP contribution < -0.4 is 10.1 Å². The van der Waals surface area contributed by atoms with Gasteiger partial charge in [-0.3, -0.25) is 9.32 Å². The van der Waals surface area contributed by atoms with E-state index in [9.17, 15) is 24.3 Å². The van der Waals surface area contributed by atoms with Crippen LogP contribution in [0.4, 0.5) is 5.13 Å². The molecular weight excluding hydrogens is 515 g/mol. The Labute approximate surface area is 220 Å². The number of aliphatic hydroxyl groups is 1. The average molecular weight is 551 g/mol. The van der Waals surface area contributed by atoms with Gasteiger partial charge in [0.1, 0.15) is 5.75 Å². The largest absolute Gasteiger partial charge is 0.497 e. The van der Waals surface area contributed by atoms with E-state index in [4.69, 9.17) is 9.26 Å². The summed E-state index contributed by atoms with van der Waals surface area (Å²) in [6.45, 7) is 3.83. The number of methoxy groups -OCH3 is 1. The zero-order valence-electron chi connectivity index (χ0n) is 21.3. The quantitative estimate of drug-likeness (QED) is 0.286. The van der Waals surface area contributed by atoms with Crippen LogP contribution in [-0.2, 0) is 20.3 Å². The van der Waals surface area contributed by atoms with Gasteiger partial charge < -0.3 is 24.9 Å². The minimum absolute atomic E-state index is 0.0482. The number of benzene rings is 1. The second-order valence-corrected chi connectivity index (χ2v) is 13.4. The van der Waals surface area contributed by atoms with Crippen LogP contribution in [0.5, 0.6) is 5.75 Å². The number of ether oxygens (including phenoxy) is 1. The highest BCUT2D eigenvalue weighted by atomic mass is 32.1. The maximum atomic E-state index is 12.7. The van der Waals surface area contributed by atoms with Crippen molar-refractivity contribution in [3.05, 3.63) is 40.4 Å². The first kappa shape index (κ1) is 26.8. The van der Waals surface area contributed by atoms with Crippen LogP contribution in [0.2, 0.25) is 0 Å². The fourth-order valence-electron chi connectivity index (χ4n) is 7.51. The van der Waals surface area contributed by atoms with E-state index in [0.717, 1.165) is 29.9 Å². The summed E-state index contributed by atoms with van der Waals surface area (Å²) in [6, 6.07) is 6.22. The van der Waals surface area contributed by atoms with Crippen molar-refractivity contribution in [2.24, 2.45) is 23.2 Å². The number of hydrogen-bond donors (Lipinski definition) is 4. The van der Waals surface area contributed by atoms with Gasteiger partial charge in [-0.15, -0.1) is 11.3 Å². The molecule has 9 nitrogen and oxygen atoms in total. The lowest BCUT2D eigenvalue weighted by Gasteiger charge is -2.53. The van der Waals surface area contributed by atoms with Gasteiger partial charge in [-0.25, -0.2) is 9.55 Å². The number of thiazole rings is 1. The Hall–Kier alpha value is -1.81. The minimum Gasteiger partial charge on any atom is -0.497 e. The summed E-state index contributed by atoms with van der Waals surface area (Å²) in [6.07, 6.45) is 5.65. The molecule has 1 heterocycles. The molecule has 3 aliphatic rings. The Morgan fingerprint density at radius 1 is 1.32 bits per heavy atom. The third-order valence-corrected chi connectivity index (χ3v) is 10.4. The fourth-order valence-corrected chi connectivity index (χ4v) is 8.86. The molecule has 37 heavy (non-hydrogen) atoms. The molecule has 3 unspecified atom stereocenters. The van der Waals surface area contributed by atoms with E-state index in [0.29, 0.717) is 18.0 Å². The van der Waals surface area contributed by atoms with Gasteiger partial charge in [0.25, 0.3) is 0 Å². The van der Waals surface area contributed by atoms with Gasteiger partial charge in [0.05, 0.1) is 7.11 Å². The maximum absolute atomic E-state index is 12.7. The van der Waals surface area contributed by atoms with Gasteiger partial charge in [-0.05, 0) is 86.0 Å². The summed E-state index contributed by atoms with van der Waals surface area (Å²) in [4.78, 5) is 37.3. The molecule has 1 amide bonds. The van der Waals surface area contributed by atoms with Gasteiger partial charge in [0, 0.05) is 29.3 Å². The summed E-state index contributed by atoms with van der Waals surface area (Å²) in [5.41, 5.74) is 1.73. The van der Waals surface area contributed by atoms with Crippen LogP contribution in [-0.4, -0.2) is 38.7 Å². The number of carbonyl (C=O) groups is 1. The second kappa shape index (κ2) is 9.74. The van der Waals surface area contributed by atoms with Crippen LogP contribution >= 0.6 is 19.2 Å². The van der Waals surface area contributed by atoms with E-state index in [1.54, 1.807) is 13.3 Å². The van der Waals surface area contributed by atoms with Gasteiger partial charge in [-0.2, -0.15) is 0 Å². The second-order valence-electron chi connectivity index (χ2n) is 11.0. The van der Waals surface area contributed by atoms with Crippen LogP contribution in [0.15, 0.2) is 24.4 Å². The smallest absolute Gasteiger partial charge is 0.472 e. The Bertz CT molecular complexity index is 1230. The molecular formula is C26H35N2O7PS. The first-order valence-corrected chi connectivity index (χ1v) is 15.1. The highest BCUT2D eigenvalue weighted by molar-refractivity contribution is 7.46. The molecule has 11 heteroatoms. The predicted molar refractivity (Wildman–Crippen MR) is 139 cm³/mol. The molecule has 2 saturated carbocycles. The molecule has 4 N–H and O–H groups in total. The molecule has 1 aromatic carbocycles. The monoisotopic (exact) mass is 550 g/mol. The zero-order chi connectivity index (χ0) is 26.6. The van der Waals surface area contributed by atoms with Crippen molar-refractivity contribution in [1.29, 1.82) is 0 Å². The molecule has 0 radical (unpaired) electrons. The Morgan fingerprint density at radius 2 is 2.11 bits per heavy atom. The number of carbonyl (C=O) groups excluding carboxylic acids is 1. The molecule has 6 atom stereocenters. The van der Waals surface area contributed by atoms with Crippen molar-refractivity contribution in [3.63, 3.8) is 0 Å². The molecule has 202 valence electrons. The highest BCUT2D eigenvalue weighted by Crippen LogP contribution is 2.69. The Morgan fingerprint density at radius 3 is 2.78 bits per heavy atom. The Kier molecular flexibility index (Phi) is 7.05. The van der Waals surface area contributed by atoms with Gasteiger partial charge in [0.2, 0.25) is 5.91 Å². The van der Waals surface area contributed by atoms with Crippen LogP contribution in [0.1, 0.15) is 67.4 Å². The maximum Gasteiger partial charge on any atom is 0.472 e. The molecule has 2 fully saturated rings. The van der Waals surface area contributed by atoms with E-state index < -0.39 is 19.0 Å². The van der Waals surface area contributed by atoms with Crippen molar-refractivity contribution in [2.45, 2.75) is 70.5 Å². The zero-order valence-corrected chi connectivity index (χ0v) is 23.1. The Balaban J connectivity index is 1.42. The highest BCUT2D eigenvalue weighted by Gasteiger charge is 2.67. The van der Waals surface area contributed by atoms with E-state index in [-0.39, 0.29) is 42.4 Å². The lowest BCUT2D eigenvalue weighted by Crippen LogP contribution is -2.52. The number of fused-ring (bicyclic) bond motifs is 5. The summed E-state index contributed by atoms with van der Waals surface area (Å²) in [7, 11) is -3.28. The average Bonchev–Trinajstić information content (AvgIpc) is 3.33. The first-order valence-electron chi connectivity index (χ1n) is 12.8. The number of anilines is 1. The standard InChI is InChI=1S/C26H35N2O7PS/c1-15-14-27-24(37-15)28-22(29)9-5-17-13-26(30,35-36(31,32)33)25(2)11-10-20-19-8-6-18(34-3)12-16(19)4-7-21(20)23(17)25/h6,8,12,14,17,20-21,23,30H,4-5,7,9-11,13H2,1-3H3,(H,27,28,29)(H2,31,32,33)/t17-,20?,21?,23?,25+,26+/m1/s1. The first-order chi connectivity index (χ1) is 17.4. The molecule has 0 saturated heterocycles. The van der Waals surface area contributed by atoms with Crippen molar-refractivity contribution >= 4 is 30.2 Å². The molecule has 0 spiro atoms. The van der Waals surface area contributed by atoms with E-state index in [1.165, 1.54) is 22.5 Å². The fraction of sp³-hybridized carbons (Fsp3) is 0.615.